The minimum absolute atomic E-state index is 0.115. The van der Waals surface area contributed by atoms with E-state index in [-0.39, 0.29) is 11.1 Å². The fraction of sp³-hybridized carbons (Fsp3) is 0.238. The molecular formula is C21H18FN5OS. The highest BCUT2D eigenvalue weighted by molar-refractivity contribution is 7.99. The van der Waals surface area contributed by atoms with Crippen molar-refractivity contribution in [3.63, 3.8) is 0 Å². The number of halogens is 1. The van der Waals surface area contributed by atoms with Crippen LogP contribution in [0.1, 0.15) is 42.6 Å². The minimum Gasteiger partial charge on any atom is -0.419 e. The number of nitrogens with zero attached hydrogens (tertiary/aromatic N) is 5. The van der Waals surface area contributed by atoms with Crippen molar-refractivity contribution in [2.45, 2.75) is 36.1 Å². The number of hydrogen-bond donors (Lipinski definition) is 0. The third-order valence-corrected chi connectivity index (χ3v) is 5.81. The Balaban J connectivity index is 1.42. The molecule has 2 heterocycles. The van der Waals surface area contributed by atoms with E-state index < -0.39 is 0 Å². The first-order valence-electron chi connectivity index (χ1n) is 9.46. The van der Waals surface area contributed by atoms with E-state index in [1.54, 1.807) is 12.1 Å². The van der Waals surface area contributed by atoms with Gasteiger partial charge in [0.15, 0.2) is 5.16 Å². The van der Waals surface area contributed by atoms with Crippen LogP contribution in [0, 0.1) is 5.82 Å². The van der Waals surface area contributed by atoms with Crippen molar-refractivity contribution in [2.75, 3.05) is 0 Å². The average molecular weight is 407 g/mol. The highest BCUT2D eigenvalue weighted by Crippen LogP contribution is 2.43. The van der Waals surface area contributed by atoms with Gasteiger partial charge in [0, 0.05) is 17.2 Å². The predicted molar refractivity (Wildman–Crippen MR) is 107 cm³/mol. The lowest BCUT2D eigenvalue weighted by Gasteiger charge is -2.11. The number of benzene rings is 2. The number of aromatic nitrogens is 5. The fourth-order valence-corrected chi connectivity index (χ4v) is 4.00. The van der Waals surface area contributed by atoms with Crippen molar-refractivity contribution in [1.29, 1.82) is 0 Å². The Morgan fingerprint density at radius 1 is 1.00 bits per heavy atom. The molecule has 0 N–H and O–H groups in total. The number of rotatable bonds is 6. The molecule has 4 aromatic rings. The van der Waals surface area contributed by atoms with Gasteiger partial charge in [-0.25, -0.2) is 4.39 Å². The Labute approximate surface area is 171 Å². The van der Waals surface area contributed by atoms with Crippen molar-refractivity contribution in [3.05, 3.63) is 72.1 Å². The summed E-state index contributed by atoms with van der Waals surface area (Å²) in [7, 11) is 0. The molecule has 0 saturated heterocycles. The molecule has 1 aliphatic rings. The van der Waals surface area contributed by atoms with Crippen molar-refractivity contribution in [1.82, 2.24) is 25.0 Å². The minimum atomic E-state index is -0.302. The number of thioether (sulfide) groups is 1. The lowest BCUT2D eigenvalue weighted by molar-refractivity contribution is 0.508. The normalized spacial score (nSPS) is 14.8. The molecule has 1 fully saturated rings. The van der Waals surface area contributed by atoms with Gasteiger partial charge >= 0.3 is 0 Å². The van der Waals surface area contributed by atoms with Crippen LogP contribution in [0.25, 0.3) is 17.1 Å². The molecule has 8 heteroatoms. The number of hydrogen-bond acceptors (Lipinski definition) is 6. The molecule has 6 nitrogen and oxygen atoms in total. The summed E-state index contributed by atoms with van der Waals surface area (Å²) in [5.74, 6) is 2.04. The Morgan fingerprint density at radius 2 is 1.76 bits per heavy atom. The summed E-state index contributed by atoms with van der Waals surface area (Å²) in [5.41, 5.74) is 1.73. The Bertz CT molecular complexity index is 1120. The molecule has 29 heavy (non-hydrogen) atoms. The molecule has 1 atom stereocenters. The van der Waals surface area contributed by atoms with Crippen LogP contribution in [0.4, 0.5) is 4.39 Å². The summed E-state index contributed by atoms with van der Waals surface area (Å²) in [6.45, 7) is 1.99. The highest BCUT2D eigenvalue weighted by atomic mass is 32.2. The smallest absolute Gasteiger partial charge is 0.247 e. The van der Waals surface area contributed by atoms with Crippen LogP contribution in [0.2, 0.25) is 0 Å². The predicted octanol–water partition coefficient (Wildman–Crippen LogP) is 5.19. The van der Waals surface area contributed by atoms with Gasteiger partial charge in [-0.15, -0.1) is 20.4 Å². The largest absolute Gasteiger partial charge is 0.419 e. The summed E-state index contributed by atoms with van der Waals surface area (Å²) < 4.78 is 21.1. The number of para-hydroxylation sites is 1. The molecule has 2 aromatic heterocycles. The molecule has 1 unspecified atom stereocenters. The summed E-state index contributed by atoms with van der Waals surface area (Å²) in [5, 5.41) is 17.9. The van der Waals surface area contributed by atoms with Gasteiger partial charge in [-0.3, -0.25) is 4.57 Å². The van der Waals surface area contributed by atoms with E-state index in [1.165, 1.54) is 23.9 Å². The van der Waals surface area contributed by atoms with Crippen molar-refractivity contribution in [2.24, 2.45) is 0 Å². The maximum atomic E-state index is 13.1. The second-order valence-corrected chi connectivity index (χ2v) is 8.31. The molecule has 0 bridgehead atoms. The standard InChI is InChI=1S/C21H18FN5OS/c1-13(19-24-25-20(28-19)15-9-11-16(22)12-10-15)29-21-26-23-18(14-7-8-14)27(21)17-5-3-2-4-6-17/h2-6,9-14H,7-8H2,1H3. The molecule has 5 rings (SSSR count). The van der Waals surface area contributed by atoms with Gasteiger partial charge in [0.05, 0.1) is 5.25 Å². The van der Waals surface area contributed by atoms with Crippen LogP contribution in [0.3, 0.4) is 0 Å². The summed E-state index contributed by atoms with van der Waals surface area (Å²) >= 11 is 1.53. The van der Waals surface area contributed by atoms with Crippen LogP contribution >= 0.6 is 11.8 Å². The summed E-state index contributed by atoms with van der Waals surface area (Å²) in [6, 6.07) is 16.1. The molecule has 1 aliphatic carbocycles. The van der Waals surface area contributed by atoms with E-state index in [1.807, 2.05) is 25.1 Å². The molecule has 146 valence electrons. The Hall–Kier alpha value is -3.00. The van der Waals surface area contributed by atoms with Crippen LogP contribution in [0.15, 0.2) is 64.2 Å². The zero-order valence-corrected chi connectivity index (χ0v) is 16.5. The van der Waals surface area contributed by atoms with E-state index in [2.05, 4.69) is 37.1 Å². The zero-order valence-electron chi connectivity index (χ0n) is 15.7. The highest BCUT2D eigenvalue weighted by Gasteiger charge is 2.31. The maximum Gasteiger partial charge on any atom is 0.247 e. The summed E-state index contributed by atoms with van der Waals surface area (Å²) in [6.07, 6.45) is 2.30. The van der Waals surface area contributed by atoms with Crippen LogP contribution in [0.5, 0.6) is 0 Å². The maximum absolute atomic E-state index is 13.1. The molecule has 0 aliphatic heterocycles. The first-order valence-corrected chi connectivity index (χ1v) is 10.3. The van der Waals surface area contributed by atoms with Gasteiger partial charge in [-0.05, 0) is 56.2 Å². The van der Waals surface area contributed by atoms with Gasteiger partial charge < -0.3 is 4.42 Å². The molecule has 0 radical (unpaired) electrons. The zero-order chi connectivity index (χ0) is 19.8. The first-order chi connectivity index (χ1) is 14.2. The van der Waals surface area contributed by atoms with Crippen molar-refractivity contribution in [3.8, 4) is 17.1 Å². The summed E-state index contributed by atoms with van der Waals surface area (Å²) in [4.78, 5) is 0. The van der Waals surface area contributed by atoms with E-state index in [9.17, 15) is 4.39 Å². The average Bonchev–Trinajstić information content (AvgIpc) is 3.31. The molecule has 1 saturated carbocycles. The van der Waals surface area contributed by atoms with Crippen molar-refractivity contribution >= 4 is 11.8 Å². The van der Waals surface area contributed by atoms with E-state index in [0.717, 1.165) is 29.5 Å². The van der Waals surface area contributed by atoms with E-state index in [0.29, 0.717) is 23.3 Å². The SMILES string of the molecule is CC(Sc1nnc(C2CC2)n1-c1ccccc1)c1nnc(-c2ccc(F)cc2)o1. The lowest BCUT2D eigenvalue weighted by Crippen LogP contribution is -2.02. The van der Waals surface area contributed by atoms with E-state index in [4.69, 9.17) is 4.42 Å². The molecule has 2 aromatic carbocycles. The second kappa shape index (κ2) is 7.44. The van der Waals surface area contributed by atoms with Crippen LogP contribution in [-0.4, -0.2) is 25.0 Å². The Morgan fingerprint density at radius 3 is 2.48 bits per heavy atom. The monoisotopic (exact) mass is 407 g/mol. The topological polar surface area (TPSA) is 69.6 Å². The fourth-order valence-electron chi connectivity index (χ4n) is 3.10. The van der Waals surface area contributed by atoms with Crippen molar-refractivity contribution < 1.29 is 8.81 Å². The van der Waals surface area contributed by atoms with Gasteiger partial charge in [0.2, 0.25) is 11.8 Å². The quantitative estimate of drug-likeness (QED) is 0.410. The lowest BCUT2D eigenvalue weighted by atomic mass is 10.2. The first kappa shape index (κ1) is 18.1. The third-order valence-electron chi connectivity index (χ3n) is 4.78. The van der Waals surface area contributed by atoms with E-state index >= 15 is 0 Å². The Kier molecular flexibility index (Phi) is 4.63. The molecular weight excluding hydrogens is 389 g/mol. The third kappa shape index (κ3) is 3.67. The van der Waals surface area contributed by atoms with Crippen LogP contribution in [-0.2, 0) is 0 Å². The van der Waals surface area contributed by atoms with Gasteiger partial charge in [0.1, 0.15) is 11.6 Å². The van der Waals surface area contributed by atoms with Crippen LogP contribution < -0.4 is 0 Å². The molecule has 0 amide bonds. The second-order valence-electron chi connectivity index (χ2n) is 7.00. The van der Waals surface area contributed by atoms with Gasteiger partial charge in [-0.1, -0.05) is 30.0 Å². The van der Waals surface area contributed by atoms with Gasteiger partial charge in [-0.2, -0.15) is 0 Å². The molecule has 0 spiro atoms. The van der Waals surface area contributed by atoms with Gasteiger partial charge in [0.25, 0.3) is 0 Å².